The lowest BCUT2D eigenvalue weighted by atomic mass is 10.1. The number of benzene rings is 2. The van der Waals surface area contributed by atoms with E-state index in [1.54, 1.807) is 56.5 Å². The number of carbonyl (C=O) groups is 1. The number of hydrogen-bond donors (Lipinski definition) is 1. The molecule has 0 aliphatic rings. The molecule has 2 aromatic carbocycles. The zero-order valence-corrected chi connectivity index (χ0v) is 15.2. The first-order chi connectivity index (χ1) is 13.5. The van der Waals surface area contributed by atoms with Gasteiger partial charge in [0.2, 0.25) is 0 Å². The number of rotatable bonds is 6. The molecule has 1 amide bonds. The molecular weight excluding hydrogens is 362 g/mol. The van der Waals surface area contributed by atoms with Crippen molar-refractivity contribution in [3.05, 3.63) is 81.6 Å². The summed E-state index contributed by atoms with van der Waals surface area (Å²) in [5.74, 6) is 1.28. The molecule has 28 heavy (non-hydrogen) atoms. The maximum Gasteiger partial charge on any atom is 0.271 e. The largest absolute Gasteiger partial charge is 0.497 e. The smallest absolute Gasteiger partial charge is 0.271 e. The van der Waals surface area contributed by atoms with Crippen LogP contribution in [0.1, 0.15) is 21.7 Å². The van der Waals surface area contributed by atoms with Crippen LogP contribution in [0.4, 0.5) is 5.69 Å². The second-order valence-electron chi connectivity index (χ2n) is 5.89. The number of hydrazone groups is 1. The molecule has 8 nitrogen and oxygen atoms in total. The predicted octanol–water partition coefficient (Wildman–Crippen LogP) is 3.94. The molecule has 142 valence electrons. The number of carbonyl (C=O) groups excluding carboxylic acids is 1. The summed E-state index contributed by atoms with van der Waals surface area (Å²) in [7, 11) is 1.55. The number of amides is 1. The van der Waals surface area contributed by atoms with Crippen LogP contribution in [0.25, 0.3) is 11.3 Å². The molecule has 1 N–H and O–H groups in total. The van der Waals surface area contributed by atoms with Crippen LogP contribution in [-0.4, -0.2) is 24.2 Å². The van der Waals surface area contributed by atoms with Crippen LogP contribution in [-0.2, 0) is 0 Å². The van der Waals surface area contributed by atoms with E-state index in [1.165, 1.54) is 18.3 Å². The van der Waals surface area contributed by atoms with Crippen molar-refractivity contribution in [2.75, 3.05) is 7.11 Å². The van der Waals surface area contributed by atoms with E-state index in [0.29, 0.717) is 22.8 Å². The molecule has 3 rings (SSSR count). The molecule has 0 atom stereocenters. The van der Waals surface area contributed by atoms with Gasteiger partial charge < -0.3 is 9.15 Å². The Morgan fingerprint density at radius 2 is 1.93 bits per heavy atom. The Balaban J connectivity index is 1.67. The molecule has 0 aliphatic carbocycles. The number of ether oxygens (including phenoxy) is 1. The highest BCUT2D eigenvalue weighted by Gasteiger charge is 2.12. The normalized spacial score (nSPS) is 10.8. The number of nitrogens with zero attached hydrogens (tertiary/aromatic N) is 2. The Labute approximate surface area is 160 Å². The Kier molecular flexibility index (Phi) is 5.50. The molecule has 0 aliphatic heterocycles. The van der Waals surface area contributed by atoms with Crippen molar-refractivity contribution in [1.29, 1.82) is 0 Å². The summed E-state index contributed by atoms with van der Waals surface area (Å²) in [5, 5.41) is 14.7. The van der Waals surface area contributed by atoms with E-state index < -0.39 is 4.92 Å². The average molecular weight is 379 g/mol. The number of aryl methyl sites for hydroxylation is 1. The van der Waals surface area contributed by atoms with Gasteiger partial charge in [0.25, 0.3) is 11.6 Å². The summed E-state index contributed by atoms with van der Waals surface area (Å²) < 4.78 is 10.7. The van der Waals surface area contributed by atoms with Gasteiger partial charge in [0.1, 0.15) is 17.3 Å². The van der Waals surface area contributed by atoms with Crippen LogP contribution in [0.15, 0.2) is 64.1 Å². The highest BCUT2D eigenvalue weighted by Crippen LogP contribution is 2.28. The minimum absolute atomic E-state index is 0.0239. The maximum atomic E-state index is 12.0. The fourth-order valence-corrected chi connectivity index (χ4v) is 2.57. The Morgan fingerprint density at radius 3 is 2.57 bits per heavy atom. The number of furan rings is 1. The van der Waals surface area contributed by atoms with Crippen LogP contribution < -0.4 is 10.2 Å². The first-order valence-electron chi connectivity index (χ1n) is 8.30. The molecule has 0 saturated heterocycles. The van der Waals surface area contributed by atoms with Crippen molar-refractivity contribution in [2.45, 2.75) is 6.92 Å². The van der Waals surface area contributed by atoms with E-state index in [-0.39, 0.29) is 11.6 Å². The molecule has 0 saturated carbocycles. The third kappa shape index (κ3) is 4.24. The van der Waals surface area contributed by atoms with Crippen molar-refractivity contribution < 1.29 is 18.9 Å². The van der Waals surface area contributed by atoms with Gasteiger partial charge in [-0.2, -0.15) is 5.10 Å². The SMILES string of the molecule is COc1ccc(C(=O)N/N=C/c2ccc(-c3ccc([N+](=O)[O-])cc3C)o2)cc1. The second kappa shape index (κ2) is 8.17. The van der Waals surface area contributed by atoms with Crippen LogP contribution in [0.3, 0.4) is 0 Å². The number of hydrogen-bond acceptors (Lipinski definition) is 6. The molecule has 0 fully saturated rings. The van der Waals surface area contributed by atoms with Crippen LogP contribution in [0, 0.1) is 17.0 Å². The van der Waals surface area contributed by atoms with Gasteiger partial charge in [0, 0.05) is 23.3 Å². The Morgan fingerprint density at radius 1 is 1.18 bits per heavy atom. The number of nitro benzene ring substituents is 1. The number of nitrogens with one attached hydrogen (secondary N) is 1. The topological polar surface area (TPSA) is 107 Å². The molecule has 1 aromatic heterocycles. The fourth-order valence-electron chi connectivity index (χ4n) is 2.57. The summed E-state index contributed by atoms with van der Waals surface area (Å²) in [5.41, 5.74) is 4.35. The zero-order valence-electron chi connectivity index (χ0n) is 15.2. The summed E-state index contributed by atoms with van der Waals surface area (Å²) >= 11 is 0. The monoisotopic (exact) mass is 379 g/mol. The molecule has 8 heteroatoms. The van der Waals surface area contributed by atoms with E-state index in [2.05, 4.69) is 10.5 Å². The van der Waals surface area contributed by atoms with E-state index in [0.717, 1.165) is 11.1 Å². The summed E-state index contributed by atoms with van der Waals surface area (Å²) in [6, 6.07) is 14.6. The minimum Gasteiger partial charge on any atom is -0.497 e. The minimum atomic E-state index is -0.442. The van der Waals surface area contributed by atoms with Crippen molar-refractivity contribution >= 4 is 17.8 Å². The van der Waals surface area contributed by atoms with Gasteiger partial charge in [-0.1, -0.05) is 0 Å². The zero-order chi connectivity index (χ0) is 20.1. The third-order valence-electron chi connectivity index (χ3n) is 4.02. The van der Waals surface area contributed by atoms with Crippen LogP contribution in [0.2, 0.25) is 0 Å². The lowest BCUT2D eigenvalue weighted by Crippen LogP contribution is -2.17. The molecule has 3 aromatic rings. The molecule has 0 spiro atoms. The number of nitro groups is 1. The Hall–Kier alpha value is -3.94. The maximum absolute atomic E-state index is 12.0. The van der Waals surface area contributed by atoms with E-state index in [4.69, 9.17) is 9.15 Å². The van der Waals surface area contributed by atoms with Gasteiger partial charge >= 0.3 is 0 Å². The van der Waals surface area contributed by atoms with Gasteiger partial charge in [-0.3, -0.25) is 14.9 Å². The average Bonchev–Trinajstić information content (AvgIpc) is 3.16. The molecule has 0 bridgehead atoms. The number of methoxy groups -OCH3 is 1. The van der Waals surface area contributed by atoms with Gasteiger partial charge in [0.15, 0.2) is 0 Å². The van der Waals surface area contributed by atoms with E-state index in [9.17, 15) is 14.9 Å². The molecule has 1 heterocycles. The third-order valence-corrected chi connectivity index (χ3v) is 4.02. The van der Waals surface area contributed by atoms with Crippen LogP contribution >= 0.6 is 0 Å². The van der Waals surface area contributed by atoms with Gasteiger partial charge in [-0.25, -0.2) is 5.43 Å². The van der Waals surface area contributed by atoms with Gasteiger partial charge in [-0.15, -0.1) is 0 Å². The number of non-ortho nitro benzene ring substituents is 1. The highest BCUT2D eigenvalue weighted by atomic mass is 16.6. The first kappa shape index (κ1) is 18.8. The lowest BCUT2D eigenvalue weighted by molar-refractivity contribution is -0.384. The van der Waals surface area contributed by atoms with Crippen molar-refractivity contribution in [1.82, 2.24) is 5.43 Å². The standard InChI is InChI=1S/C20H17N3O5/c1-13-11-15(23(25)26)5-9-18(13)19-10-8-17(28-19)12-21-22-20(24)14-3-6-16(27-2)7-4-14/h3-12H,1-2H3,(H,22,24)/b21-12+. The van der Waals surface area contributed by atoms with Crippen molar-refractivity contribution in [3.8, 4) is 17.1 Å². The van der Waals surface area contributed by atoms with Gasteiger partial charge in [-0.05, 0) is 55.0 Å². The highest BCUT2D eigenvalue weighted by molar-refractivity contribution is 5.94. The van der Waals surface area contributed by atoms with Crippen molar-refractivity contribution in [3.63, 3.8) is 0 Å². The molecular formula is C20H17N3O5. The summed E-state index contributed by atoms with van der Waals surface area (Å²) in [4.78, 5) is 22.4. The Bertz CT molecular complexity index is 1040. The predicted molar refractivity (Wildman–Crippen MR) is 104 cm³/mol. The van der Waals surface area contributed by atoms with E-state index >= 15 is 0 Å². The van der Waals surface area contributed by atoms with Gasteiger partial charge in [0.05, 0.1) is 18.2 Å². The second-order valence-corrected chi connectivity index (χ2v) is 5.89. The lowest BCUT2D eigenvalue weighted by Gasteiger charge is -2.02. The molecule has 0 radical (unpaired) electrons. The molecule has 0 unspecified atom stereocenters. The summed E-state index contributed by atoms with van der Waals surface area (Å²) in [6.45, 7) is 1.77. The summed E-state index contributed by atoms with van der Waals surface area (Å²) in [6.07, 6.45) is 1.38. The first-order valence-corrected chi connectivity index (χ1v) is 8.30. The van der Waals surface area contributed by atoms with Crippen molar-refractivity contribution in [2.24, 2.45) is 5.10 Å². The van der Waals surface area contributed by atoms with E-state index in [1.807, 2.05) is 0 Å². The fraction of sp³-hybridized carbons (Fsp3) is 0.100. The van der Waals surface area contributed by atoms with Crippen LogP contribution in [0.5, 0.6) is 5.75 Å². The quantitative estimate of drug-likeness (QED) is 0.397.